The Balaban J connectivity index is 1.70. The minimum absolute atomic E-state index is 0.240. The zero-order valence-electron chi connectivity index (χ0n) is 12.2. The molecule has 4 heteroatoms. The van der Waals surface area contributed by atoms with E-state index in [2.05, 4.69) is 75.4 Å². The monoisotopic (exact) mass is 307 g/mol. The van der Waals surface area contributed by atoms with Crippen molar-refractivity contribution < 1.29 is 0 Å². The number of rotatable bonds is 5. The second kappa shape index (κ2) is 5.97. The Bertz CT molecular complexity index is 696. The van der Waals surface area contributed by atoms with Crippen molar-refractivity contribution in [3.05, 3.63) is 78.1 Å². The lowest BCUT2D eigenvalue weighted by molar-refractivity contribution is 0.662. The van der Waals surface area contributed by atoms with E-state index in [4.69, 9.17) is 0 Å². The van der Waals surface area contributed by atoms with Crippen LogP contribution in [0.2, 0.25) is 0 Å². The molecule has 0 bridgehead atoms. The molecule has 0 spiro atoms. The highest BCUT2D eigenvalue weighted by atomic mass is 32.2. The van der Waals surface area contributed by atoms with Crippen molar-refractivity contribution in [2.45, 2.75) is 29.3 Å². The molecule has 3 nitrogen and oxygen atoms in total. The van der Waals surface area contributed by atoms with Crippen molar-refractivity contribution in [1.82, 2.24) is 14.8 Å². The van der Waals surface area contributed by atoms with Crippen LogP contribution in [0.25, 0.3) is 0 Å². The van der Waals surface area contributed by atoms with Gasteiger partial charge in [-0.05, 0) is 24.0 Å². The van der Waals surface area contributed by atoms with Crippen molar-refractivity contribution in [2.75, 3.05) is 0 Å². The zero-order chi connectivity index (χ0) is 14.8. The van der Waals surface area contributed by atoms with Gasteiger partial charge in [0.15, 0.2) is 5.16 Å². The van der Waals surface area contributed by atoms with Gasteiger partial charge in [0.2, 0.25) is 0 Å². The van der Waals surface area contributed by atoms with Gasteiger partial charge in [-0.2, -0.15) is 0 Å². The lowest BCUT2D eigenvalue weighted by Crippen LogP contribution is -2.01. The quantitative estimate of drug-likeness (QED) is 0.650. The minimum Gasteiger partial charge on any atom is -0.305 e. The van der Waals surface area contributed by atoms with Gasteiger partial charge in [0.25, 0.3) is 0 Å². The average molecular weight is 307 g/mol. The van der Waals surface area contributed by atoms with Gasteiger partial charge in [0, 0.05) is 6.04 Å². The first-order valence-corrected chi connectivity index (χ1v) is 8.46. The number of aromatic nitrogens is 3. The largest absolute Gasteiger partial charge is 0.305 e. The number of benzene rings is 2. The standard InChI is InChI=1S/C18H17N3S/c1-3-7-14(8-4-1)17(15-9-5-2-6-10-15)22-18-20-19-13-21(18)16-11-12-16/h1-10,13,16-17H,11-12H2. The molecule has 2 aromatic carbocycles. The van der Waals surface area contributed by atoms with Crippen LogP contribution >= 0.6 is 11.8 Å². The fourth-order valence-electron chi connectivity index (χ4n) is 2.61. The number of thioether (sulfide) groups is 1. The van der Waals surface area contributed by atoms with Gasteiger partial charge < -0.3 is 4.57 Å². The summed E-state index contributed by atoms with van der Waals surface area (Å²) in [7, 11) is 0. The van der Waals surface area contributed by atoms with E-state index in [0.29, 0.717) is 6.04 Å². The summed E-state index contributed by atoms with van der Waals surface area (Å²) < 4.78 is 2.23. The van der Waals surface area contributed by atoms with Crippen LogP contribution in [0.3, 0.4) is 0 Å². The Morgan fingerprint density at radius 1 is 0.909 bits per heavy atom. The summed E-state index contributed by atoms with van der Waals surface area (Å²) in [5, 5.41) is 9.71. The Labute approximate surface area is 134 Å². The minimum atomic E-state index is 0.240. The maximum Gasteiger partial charge on any atom is 0.192 e. The first-order chi connectivity index (χ1) is 10.9. The van der Waals surface area contributed by atoms with Crippen LogP contribution in [-0.2, 0) is 0 Å². The molecule has 1 saturated carbocycles. The highest BCUT2D eigenvalue weighted by Crippen LogP contribution is 2.43. The van der Waals surface area contributed by atoms with Gasteiger partial charge in [-0.1, -0.05) is 72.4 Å². The lowest BCUT2D eigenvalue weighted by Gasteiger charge is -2.17. The maximum atomic E-state index is 4.34. The average Bonchev–Trinajstić information content (AvgIpc) is 3.33. The summed E-state index contributed by atoms with van der Waals surface area (Å²) >= 11 is 1.79. The number of hydrogen-bond donors (Lipinski definition) is 0. The fraction of sp³-hybridized carbons (Fsp3) is 0.222. The molecular formula is C18H17N3S. The second-order valence-corrected chi connectivity index (χ2v) is 6.64. The highest BCUT2D eigenvalue weighted by molar-refractivity contribution is 7.99. The van der Waals surface area contributed by atoms with Gasteiger partial charge in [-0.3, -0.25) is 0 Å². The Kier molecular flexibility index (Phi) is 3.69. The van der Waals surface area contributed by atoms with Gasteiger partial charge in [-0.25, -0.2) is 0 Å². The van der Waals surface area contributed by atoms with Crippen molar-refractivity contribution in [1.29, 1.82) is 0 Å². The van der Waals surface area contributed by atoms with Gasteiger partial charge in [0.05, 0.1) is 5.25 Å². The summed E-state index contributed by atoms with van der Waals surface area (Å²) in [6, 6.07) is 21.8. The van der Waals surface area contributed by atoms with E-state index in [1.807, 2.05) is 6.33 Å². The molecule has 3 aromatic rings. The molecule has 22 heavy (non-hydrogen) atoms. The van der Waals surface area contributed by atoms with Crippen molar-refractivity contribution in [3.63, 3.8) is 0 Å². The first kappa shape index (κ1) is 13.6. The van der Waals surface area contributed by atoms with Crippen molar-refractivity contribution >= 4 is 11.8 Å². The van der Waals surface area contributed by atoms with Gasteiger partial charge >= 0.3 is 0 Å². The van der Waals surface area contributed by atoms with Crippen molar-refractivity contribution in [2.24, 2.45) is 0 Å². The first-order valence-electron chi connectivity index (χ1n) is 7.58. The van der Waals surface area contributed by atoms with Crippen LogP contribution in [0, 0.1) is 0 Å². The Morgan fingerprint density at radius 3 is 2.05 bits per heavy atom. The molecule has 1 heterocycles. The molecule has 0 unspecified atom stereocenters. The summed E-state index contributed by atoms with van der Waals surface area (Å²) in [6.07, 6.45) is 4.35. The van der Waals surface area contributed by atoms with E-state index in [1.54, 1.807) is 11.8 Å². The summed E-state index contributed by atoms with van der Waals surface area (Å²) in [4.78, 5) is 0. The van der Waals surface area contributed by atoms with E-state index in [-0.39, 0.29) is 5.25 Å². The molecular weight excluding hydrogens is 290 g/mol. The van der Waals surface area contributed by atoms with E-state index in [1.165, 1.54) is 24.0 Å². The molecule has 1 aromatic heterocycles. The fourth-order valence-corrected chi connectivity index (χ4v) is 3.82. The van der Waals surface area contributed by atoms with Gasteiger partial charge in [0.1, 0.15) is 6.33 Å². The molecule has 0 aliphatic heterocycles. The third-order valence-electron chi connectivity index (χ3n) is 3.91. The molecule has 0 atom stereocenters. The molecule has 1 aliphatic carbocycles. The summed E-state index contributed by atoms with van der Waals surface area (Å²) in [5.74, 6) is 0. The van der Waals surface area contributed by atoms with Crippen LogP contribution in [-0.4, -0.2) is 14.8 Å². The highest BCUT2D eigenvalue weighted by Gasteiger charge is 2.28. The van der Waals surface area contributed by atoms with Crippen LogP contribution in [0.4, 0.5) is 0 Å². The third kappa shape index (κ3) is 2.79. The smallest absolute Gasteiger partial charge is 0.192 e. The van der Waals surface area contributed by atoms with Crippen molar-refractivity contribution in [3.8, 4) is 0 Å². The summed E-state index contributed by atoms with van der Waals surface area (Å²) in [6.45, 7) is 0. The van der Waals surface area contributed by atoms with E-state index < -0.39 is 0 Å². The number of nitrogens with zero attached hydrogens (tertiary/aromatic N) is 3. The van der Waals surface area contributed by atoms with E-state index >= 15 is 0 Å². The Morgan fingerprint density at radius 2 is 1.50 bits per heavy atom. The molecule has 110 valence electrons. The predicted molar refractivity (Wildman–Crippen MR) is 88.9 cm³/mol. The molecule has 0 radical (unpaired) electrons. The lowest BCUT2D eigenvalue weighted by atomic mass is 10.0. The van der Waals surface area contributed by atoms with Gasteiger partial charge in [-0.15, -0.1) is 10.2 Å². The SMILES string of the molecule is c1ccc(C(Sc2nncn2C2CC2)c2ccccc2)cc1. The molecule has 1 aliphatic rings. The summed E-state index contributed by atoms with van der Waals surface area (Å²) in [5.41, 5.74) is 2.59. The second-order valence-electron chi connectivity index (χ2n) is 5.57. The van der Waals surface area contributed by atoms with Crippen LogP contribution in [0.15, 0.2) is 72.1 Å². The predicted octanol–water partition coefficient (Wildman–Crippen LogP) is 4.49. The molecule has 4 rings (SSSR count). The van der Waals surface area contributed by atoms with Crippen LogP contribution < -0.4 is 0 Å². The normalized spacial score (nSPS) is 14.4. The molecule has 0 amide bonds. The number of hydrogen-bond acceptors (Lipinski definition) is 3. The zero-order valence-corrected chi connectivity index (χ0v) is 13.0. The Hall–Kier alpha value is -2.07. The van der Waals surface area contributed by atoms with E-state index in [0.717, 1.165) is 5.16 Å². The maximum absolute atomic E-state index is 4.34. The molecule has 1 fully saturated rings. The van der Waals surface area contributed by atoms with Crippen LogP contribution in [0.1, 0.15) is 35.3 Å². The topological polar surface area (TPSA) is 30.7 Å². The van der Waals surface area contributed by atoms with Crippen LogP contribution in [0.5, 0.6) is 0 Å². The van der Waals surface area contributed by atoms with E-state index in [9.17, 15) is 0 Å². The molecule has 0 saturated heterocycles. The molecule has 0 N–H and O–H groups in total. The third-order valence-corrected chi connectivity index (χ3v) is 5.19.